The Kier molecular flexibility index (Phi) is 4.42. The van der Waals surface area contributed by atoms with Gasteiger partial charge in [0.25, 0.3) is 0 Å². The largest absolute Gasteiger partial charge is 0.467 e. The van der Waals surface area contributed by atoms with Crippen molar-refractivity contribution >= 4 is 29.1 Å². The molecule has 0 aliphatic carbocycles. The Morgan fingerprint density at radius 1 is 1.30 bits per heavy atom. The number of esters is 1. The Hall–Kier alpha value is -2.27. The van der Waals surface area contributed by atoms with Gasteiger partial charge in [-0.25, -0.2) is 9.78 Å². The van der Waals surface area contributed by atoms with Crippen LogP contribution in [0.1, 0.15) is 11.6 Å². The van der Waals surface area contributed by atoms with E-state index in [-0.39, 0.29) is 0 Å². The second kappa shape index (κ2) is 6.25. The monoisotopic (exact) mass is 291 g/mol. The second-order valence-corrected chi connectivity index (χ2v) is 4.47. The van der Waals surface area contributed by atoms with Gasteiger partial charge in [0.1, 0.15) is 5.15 Å². The van der Waals surface area contributed by atoms with Gasteiger partial charge >= 0.3 is 5.97 Å². The Labute approximate surface area is 121 Å². The normalized spacial score (nSPS) is 11.7. The number of methoxy groups -OCH3 is 1. The lowest BCUT2D eigenvalue weighted by Crippen LogP contribution is -2.23. The van der Waals surface area contributed by atoms with Crippen LogP contribution in [0.2, 0.25) is 5.15 Å². The van der Waals surface area contributed by atoms with Crippen molar-refractivity contribution in [3.05, 3.63) is 53.2 Å². The first kappa shape index (κ1) is 14.1. The molecular weight excluding hydrogens is 278 g/mol. The molecule has 2 rings (SSSR count). The predicted octanol–water partition coefficient (Wildman–Crippen LogP) is 2.64. The Balaban J connectivity index is 2.34. The zero-order chi connectivity index (χ0) is 14.5. The quantitative estimate of drug-likeness (QED) is 0.669. The number of nitrogens with two attached hydrogens (primary N) is 1. The summed E-state index contributed by atoms with van der Waals surface area (Å²) in [5, 5.41) is 3.25. The van der Waals surface area contributed by atoms with Crippen LogP contribution < -0.4 is 11.1 Å². The van der Waals surface area contributed by atoms with Crippen molar-refractivity contribution in [3.63, 3.8) is 0 Å². The van der Waals surface area contributed by atoms with Crippen LogP contribution in [-0.2, 0) is 9.53 Å². The zero-order valence-corrected chi connectivity index (χ0v) is 11.6. The topological polar surface area (TPSA) is 77.2 Å². The third kappa shape index (κ3) is 3.19. The van der Waals surface area contributed by atoms with Crippen molar-refractivity contribution < 1.29 is 9.53 Å². The van der Waals surface area contributed by atoms with Gasteiger partial charge in [0.15, 0.2) is 11.9 Å². The SMILES string of the molecule is COC(=O)C(Nc1nc(Cl)ccc1N)c1ccccc1. The summed E-state index contributed by atoms with van der Waals surface area (Å²) in [5.41, 5.74) is 6.97. The maximum absolute atomic E-state index is 11.9. The van der Waals surface area contributed by atoms with E-state index >= 15 is 0 Å². The van der Waals surface area contributed by atoms with E-state index in [0.29, 0.717) is 16.7 Å². The van der Waals surface area contributed by atoms with Crippen LogP contribution in [0.4, 0.5) is 11.5 Å². The maximum atomic E-state index is 11.9. The fourth-order valence-electron chi connectivity index (χ4n) is 1.74. The molecule has 0 saturated heterocycles. The highest BCUT2D eigenvalue weighted by molar-refractivity contribution is 6.29. The summed E-state index contributed by atoms with van der Waals surface area (Å²) in [6, 6.07) is 11.7. The van der Waals surface area contributed by atoms with Gasteiger partial charge in [-0.15, -0.1) is 0 Å². The predicted molar refractivity (Wildman–Crippen MR) is 78.5 cm³/mol. The van der Waals surface area contributed by atoms with Crippen LogP contribution in [-0.4, -0.2) is 18.1 Å². The average Bonchev–Trinajstić information content (AvgIpc) is 2.48. The molecule has 0 saturated carbocycles. The van der Waals surface area contributed by atoms with E-state index in [1.165, 1.54) is 7.11 Å². The number of ether oxygens (including phenoxy) is 1. The van der Waals surface area contributed by atoms with Gasteiger partial charge in [-0.2, -0.15) is 0 Å². The van der Waals surface area contributed by atoms with Crippen molar-refractivity contribution in [3.8, 4) is 0 Å². The minimum Gasteiger partial charge on any atom is -0.467 e. The molecule has 1 atom stereocenters. The molecule has 3 N–H and O–H groups in total. The number of aromatic nitrogens is 1. The summed E-state index contributed by atoms with van der Waals surface area (Å²) in [4.78, 5) is 16.0. The van der Waals surface area contributed by atoms with E-state index in [1.54, 1.807) is 12.1 Å². The van der Waals surface area contributed by atoms with Gasteiger partial charge in [0.05, 0.1) is 12.8 Å². The number of hydrogen-bond acceptors (Lipinski definition) is 5. The molecule has 1 aromatic heterocycles. The zero-order valence-electron chi connectivity index (χ0n) is 10.8. The van der Waals surface area contributed by atoms with E-state index in [2.05, 4.69) is 10.3 Å². The van der Waals surface area contributed by atoms with Crippen molar-refractivity contribution in [1.82, 2.24) is 4.98 Å². The lowest BCUT2D eigenvalue weighted by atomic mass is 10.1. The smallest absolute Gasteiger partial charge is 0.333 e. The number of pyridine rings is 1. The number of nitrogen functional groups attached to an aromatic ring is 1. The van der Waals surface area contributed by atoms with Gasteiger partial charge in [-0.05, 0) is 17.7 Å². The third-order valence-corrected chi connectivity index (χ3v) is 2.95. The molecule has 5 nitrogen and oxygen atoms in total. The number of carbonyl (C=O) groups excluding carboxylic acids is 1. The van der Waals surface area contributed by atoms with E-state index in [0.717, 1.165) is 5.56 Å². The standard InChI is InChI=1S/C14H14ClN3O2/c1-20-14(19)12(9-5-3-2-4-6-9)18-13-10(16)7-8-11(15)17-13/h2-8,12H,16H2,1H3,(H,17,18). The molecule has 2 aromatic rings. The number of rotatable bonds is 4. The molecule has 0 radical (unpaired) electrons. The highest BCUT2D eigenvalue weighted by Gasteiger charge is 2.22. The van der Waals surface area contributed by atoms with Crippen LogP contribution >= 0.6 is 11.6 Å². The fraction of sp³-hybridized carbons (Fsp3) is 0.143. The van der Waals surface area contributed by atoms with Crippen molar-refractivity contribution in [2.24, 2.45) is 0 Å². The number of carbonyl (C=O) groups is 1. The molecule has 0 aliphatic rings. The molecule has 1 unspecified atom stereocenters. The average molecular weight is 292 g/mol. The van der Waals surface area contributed by atoms with Gasteiger partial charge in [-0.3, -0.25) is 0 Å². The molecule has 1 heterocycles. The lowest BCUT2D eigenvalue weighted by molar-refractivity contribution is -0.141. The van der Waals surface area contributed by atoms with E-state index in [4.69, 9.17) is 22.1 Å². The summed E-state index contributed by atoms with van der Waals surface area (Å²) in [5.74, 6) is -0.0888. The van der Waals surface area contributed by atoms with Gasteiger partial charge in [0.2, 0.25) is 0 Å². The van der Waals surface area contributed by atoms with Crippen molar-refractivity contribution in [2.45, 2.75) is 6.04 Å². The number of anilines is 2. The molecule has 0 fully saturated rings. The summed E-state index contributed by atoms with van der Waals surface area (Å²) in [6.07, 6.45) is 0. The molecule has 0 spiro atoms. The highest BCUT2D eigenvalue weighted by Crippen LogP contribution is 2.25. The van der Waals surface area contributed by atoms with Gasteiger partial charge < -0.3 is 15.8 Å². The summed E-state index contributed by atoms with van der Waals surface area (Å²) < 4.78 is 4.81. The second-order valence-electron chi connectivity index (χ2n) is 4.08. The number of nitrogens with one attached hydrogen (secondary N) is 1. The first-order chi connectivity index (χ1) is 9.61. The Morgan fingerprint density at radius 3 is 2.65 bits per heavy atom. The Bertz CT molecular complexity index is 605. The van der Waals surface area contributed by atoms with Crippen LogP contribution in [0.25, 0.3) is 0 Å². The first-order valence-corrected chi connectivity index (χ1v) is 6.31. The minimum atomic E-state index is -0.700. The maximum Gasteiger partial charge on any atom is 0.333 e. The van der Waals surface area contributed by atoms with E-state index in [9.17, 15) is 4.79 Å². The summed E-state index contributed by atoms with van der Waals surface area (Å²) in [6.45, 7) is 0. The van der Waals surface area contributed by atoms with Crippen LogP contribution in [0, 0.1) is 0 Å². The number of halogens is 1. The van der Waals surface area contributed by atoms with Gasteiger partial charge in [-0.1, -0.05) is 41.9 Å². The fourth-order valence-corrected chi connectivity index (χ4v) is 1.89. The molecule has 20 heavy (non-hydrogen) atoms. The lowest BCUT2D eigenvalue weighted by Gasteiger charge is -2.18. The molecule has 6 heteroatoms. The minimum absolute atomic E-state index is 0.290. The Morgan fingerprint density at radius 2 is 2.00 bits per heavy atom. The van der Waals surface area contributed by atoms with Crippen molar-refractivity contribution in [2.75, 3.05) is 18.2 Å². The molecule has 104 valence electrons. The molecule has 0 amide bonds. The van der Waals surface area contributed by atoms with Crippen molar-refractivity contribution in [1.29, 1.82) is 0 Å². The van der Waals surface area contributed by atoms with Crippen LogP contribution in [0.3, 0.4) is 0 Å². The summed E-state index contributed by atoms with van der Waals surface area (Å²) in [7, 11) is 1.33. The van der Waals surface area contributed by atoms with E-state index < -0.39 is 12.0 Å². The van der Waals surface area contributed by atoms with Crippen LogP contribution in [0.15, 0.2) is 42.5 Å². The number of hydrogen-bond donors (Lipinski definition) is 2. The number of nitrogens with zero attached hydrogens (tertiary/aromatic N) is 1. The van der Waals surface area contributed by atoms with Crippen LogP contribution in [0.5, 0.6) is 0 Å². The molecule has 0 bridgehead atoms. The van der Waals surface area contributed by atoms with Gasteiger partial charge in [0, 0.05) is 0 Å². The molecule has 0 aliphatic heterocycles. The number of benzene rings is 1. The van der Waals surface area contributed by atoms with E-state index in [1.807, 2.05) is 30.3 Å². The third-order valence-electron chi connectivity index (χ3n) is 2.74. The molecule has 1 aromatic carbocycles. The molecular formula is C14H14ClN3O2. The summed E-state index contributed by atoms with van der Waals surface area (Å²) >= 11 is 5.84. The highest BCUT2D eigenvalue weighted by atomic mass is 35.5. The first-order valence-electron chi connectivity index (χ1n) is 5.93.